The highest BCUT2D eigenvalue weighted by molar-refractivity contribution is 5.84. The topological polar surface area (TPSA) is 57.6 Å². The molecule has 1 atom stereocenters. The third-order valence-corrected chi connectivity index (χ3v) is 3.81. The summed E-state index contributed by atoms with van der Waals surface area (Å²) in [5, 5.41) is 9.17. The van der Waals surface area contributed by atoms with Crippen LogP contribution >= 0.6 is 0 Å². The second-order valence-corrected chi connectivity index (χ2v) is 5.83. The number of rotatable bonds is 13. The van der Waals surface area contributed by atoms with Crippen LogP contribution in [0.3, 0.4) is 0 Å². The van der Waals surface area contributed by atoms with Crippen molar-refractivity contribution in [3.8, 4) is 0 Å². The van der Waals surface area contributed by atoms with Gasteiger partial charge in [-0.15, -0.1) is 0 Å². The Morgan fingerprint density at radius 2 is 1.64 bits per heavy atom. The maximum absolute atomic E-state index is 12.2. The molecule has 0 aromatic carbocycles. The number of nitrogens with zero attached hydrogens (tertiary/aromatic N) is 1. The summed E-state index contributed by atoms with van der Waals surface area (Å²) in [6.45, 7) is 6.40. The molecule has 0 aliphatic carbocycles. The highest BCUT2D eigenvalue weighted by atomic mass is 16.4. The molecule has 4 nitrogen and oxygen atoms in total. The predicted molar refractivity (Wildman–Crippen MR) is 90.9 cm³/mol. The monoisotopic (exact) mass is 311 g/mol. The number of carboxylic acid groups (broad SMARTS) is 1. The molecule has 128 valence electrons. The molecule has 1 N–H and O–H groups in total. The van der Waals surface area contributed by atoms with Crippen LogP contribution in [-0.2, 0) is 9.59 Å². The van der Waals surface area contributed by atoms with E-state index in [4.69, 9.17) is 0 Å². The minimum absolute atomic E-state index is 0.0872. The van der Waals surface area contributed by atoms with Crippen molar-refractivity contribution in [3.05, 3.63) is 12.2 Å². The first-order valence-corrected chi connectivity index (χ1v) is 8.71. The fourth-order valence-electron chi connectivity index (χ4n) is 2.32. The molecule has 0 spiro atoms. The molecule has 0 heterocycles. The maximum atomic E-state index is 12.2. The van der Waals surface area contributed by atoms with E-state index in [0.717, 1.165) is 32.1 Å². The number of hydrogen-bond donors (Lipinski definition) is 1. The van der Waals surface area contributed by atoms with Crippen molar-refractivity contribution in [3.63, 3.8) is 0 Å². The van der Waals surface area contributed by atoms with Gasteiger partial charge in [-0.3, -0.25) is 4.79 Å². The van der Waals surface area contributed by atoms with Crippen LogP contribution in [0.2, 0.25) is 0 Å². The van der Waals surface area contributed by atoms with E-state index >= 15 is 0 Å². The van der Waals surface area contributed by atoms with Crippen LogP contribution in [0.1, 0.15) is 78.6 Å². The summed E-state index contributed by atoms with van der Waals surface area (Å²) in [4.78, 5) is 24.9. The van der Waals surface area contributed by atoms with Gasteiger partial charge in [0.05, 0.1) is 0 Å². The van der Waals surface area contributed by atoms with E-state index in [1.54, 1.807) is 6.92 Å². The Balaban J connectivity index is 4.31. The van der Waals surface area contributed by atoms with Gasteiger partial charge in [0.2, 0.25) is 5.91 Å². The molecular weight excluding hydrogens is 278 g/mol. The Bertz CT molecular complexity index is 339. The number of carboxylic acids is 1. The van der Waals surface area contributed by atoms with Crippen LogP contribution in [0.25, 0.3) is 0 Å². The fraction of sp³-hybridized carbons (Fsp3) is 0.778. The average molecular weight is 311 g/mol. The van der Waals surface area contributed by atoms with E-state index in [-0.39, 0.29) is 5.91 Å². The number of aliphatic carboxylic acids is 1. The molecule has 0 saturated carbocycles. The van der Waals surface area contributed by atoms with Gasteiger partial charge in [-0.25, -0.2) is 4.79 Å². The van der Waals surface area contributed by atoms with E-state index in [9.17, 15) is 14.7 Å². The Labute approximate surface area is 135 Å². The van der Waals surface area contributed by atoms with Crippen LogP contribution in [0.5, 0.6) is 0 Å². The largest absolute Gasteiger partial charge is 0.480 e. The number of hydrogen-bond acceptors (Lipinski definition) is 2. The molecule has 0 aliphatic heterocycles. The molecule has 0 saturated heterocycles. The molecule has 0 aromatic heterocycles. The molecular formula is C18H33NO3. The van der Waals surface area contributed by atoms with Crippen molar-refractivity contribution in [1.82, 2.24) is 4.90 Å². The highest BCUT2D eigenvalue weighted by Gasteiger charge is 2.23. The number of unbranched alkanes of at least 4 members (excludes halogenated alkanes) is 6. The number of carbonyl (C=O) groups excluding carboxylic acids is 1. The lowest BCUT2D eigenvalue weighted by molar-refractivity contribution is -0.149. The average Bonchev–Trinajstić information content (AvgIpc) is 2.50. The lowest BCUT2D eigenvalue weighted by atomic mass is 10.1. The van der Waals surface area contributed by atoms with Gasteiger partial charge in [0.15, 0.2) is 0 Å². The van der Waals surface area contributed by atoms with Crippen molar-refractivity contribution in [2.75, 3.05) is 6.54 Å². The van der Waals surface area contributed by atoms with Gasteiger partial charge >= 0.3 is 5.97 Å². The summed E-state index contributed by atoms with van der Waals surface area (Å²) >= 11 is 0. The third-order valence-electron chi connectivity index (χ3n) is 3.81. The molecule has 1 amide bonds. The first-order valence-electron chi connectivity index (χ1n) is 8.71. The second kappa shape index (κ2) is 13.4. The summed E-state index contributed by atoms with van der Waals surface area (Å²) in [5.41, 5.74) is 0. The molecule has 0 aliphatic rings. The molecule has 0 fully saturated rings. The van der Waals surface area contributed by atoms with Crippen molar-refractivity contribution >= 4 is 11.9 Å². The minimum atomic E-state index is -0.933. The van der Waals surface area contributed by atoms with Gasteiger partial charge in [-0.2, -0.15) is 0 Å². The summed E-state index contributed by atoms with van der Waals surface area (Å²) in [6, 6.07) is -0.747. The molecule has 0 aromatic rings. The number of carbonyl (C=O) groups is 2. The quantitative estimate of drug-likeness (QED) is 0.405. The molecule has 22 heavy (non-hydrogen) atoms. The third kappa shape index (κ3) is 9.59. The van der Waals surface area contributed by atoms with Crippen molar-refractivity contribution in [2.45, 2.75) is 84.6 Å². The van der Waals surface area contributed by atoms with Crippen molar-refractivity contribution < 1.29 is 14.7 Å². The highest BCUT2D eigenvalue weighted by Crippen LogP contribution is 2.10. The van der Waals surface area contributed by atoms with E-state index in [1.807, 2.05) is 12.2 Å². The van der Waals surface area contributed by atoms with E-state index in [1.165, 1.54) is 24.2 Å². The normalized spacial score (nSPS) is 12.5. The smallest absolute Gasteiger partial charge is 0.326 e. The van der Waals surface area contributed by atoms with Gasteiger partial charge in [-0.05, 0) is 19.8 Å². The first-order chi connectivity index (χ1) is 10.5. The minimum Gasteiger partial charge on any atom is -0.480 e. The van der Waals surface area contributed by atoms with E-state index < -0.39 is 12.0 Å². The van der Waals surface area contributed by atoms with Gasteiger partial charge in [0.25, 0.3) is 0 Å². The summed E-state index contributed by atoms with van der Waals surface area (Å²) < 4.78 is 0. The lowest BCUT2D eigenvalue weighted by Crippen LogP contribution is -2.43. The Morgan fingerprint density at radius 3 is 2.23 bits per heavy atom. The fourth-order valence-corrected chi connectivity index (χ4v) is 2.32. The van der Waals surface area contributed by atoms with Crippen LogP contribution < -0.4 is 0 Å². The van der Waals surface area contributed by atoms with Gasteiger partial charge in [0.1, 0.15) is 6.04 Å². The zero-order valence-electron chi connectivity index (χ0n) is 14.5. The van der Waals surface area contributed by atoms with Crippen LogP contribution in [0.15, 0.2) is 12.2 Å². The summed E-state index contributed by atoms with van der Waals surface area (Å²) in [5.74, 6) is -1.02. The van der Waals surface area contributed by atoms with Crippen molar-refractivity contribution in [2.24, 2.45) is 0 Å². The maximum Gasteiger partial charge on any atom is 0.326 e. The number of amides is 1. The molecule has 0 radical (unpaired) electrons. The Kier molecular flexibility index (Phi) is 12.5. The van der Waals surface area contributed by atoms with Crippen LogP contribution in [-0.4, -0.2) is 34.5 Å². The van der Waals surface area contributed by atoms with Gasteiger partial charge in [0, 0.05) is 13.0 Å². The van der Waals surface area contributed by atoms with Crippen LogP contribution in [0.4, 0.5) is 0 Å². The van der Waals surface area contributed by atoms with E-state index in [2.05, 4.69) is 13.8 Å². The summed E-state index contributed by atoms with van der Waals surface area (Å²) in [7, 11) is 0. The van der Waals surface area contributed by atoms with Gasteiger partial charge in [-0.1, -0.05) is 64.5 Å². The second-order valence-electron chi connectivity index (χ2n) is 5.83. The molecule has 0 unspecified atom stereocenters. The SMILES string of the molecule is CCC/C=C/CC(=O)N(CCCCCCCC)[C@@H](C)C(=O)O. The number of allylic oxidation sites excluding steroid dienone is 1. The zero-order valence-corrected chi connectivity index (χ0v) is 14.5. The predicted octanol–water partition coefficient (Wildman–Crippen LogP) is 4.40. The molecule has 0 rings (SSSR count). The first kappa shape index (κ1) is 20.7. The molecule has 4 heteroatoms. The Hall–Kier alpha value is -1.32. The molecule has 0 bridgehead atoms. The van der Waals surface area contributed by atoms with Crippen LogP contribution in [0, 0.1) is 0 Å². The van der Waals surface area contributed by atoms with Gasteiger partial charge < -0.3 is 10.0 Å². The summed E-state index contributed by atoms with van der Waals surface area (Å²) in [6.07, 6.45) is 12.9. The zero-order chi connectivity index (χ0) is 16.8. The van der Waals surface area contributed by atoms with E-state index in [0.29, 0.717) is 13.0 Å². The van der Waals surface area contributed by atoms with Crippen molar-refractivity contribution in [1.29, 1.82) is 0 Å². The standard InChI is InChI=1S/C18H33NO3/c1-4-6-8-10-11-13-15-19(16(3)18(21)22)17(20)14-12-9-7-5-2/h9,12,16H,4-8,10-11,13-15H2,1-3H3,(H,21,22)/b12-9+/t16-/m0/s1. The Morgan fingerprint density at radius 1 is 1.00 bits per heavy atom. The lowest BCUT2D eigenvalue weighted by Gasteiger charge is -2.26.